The first-order valence-electron chi connectivity index (χ1n) is 2.40. The smallest absolute Gasteiger partial charge is 0.254 e. The Morgan fingerprint density at radius 1 is 1.90 bits per heavy atom. The van der Waals surface area contributed by atoms with Gasteiger partial charge in [-0.2, -0.15) is 0 Å². The molecule has 0 aliphatic rings. The fourth-order valence-electron chi connectivity index (χ4n) is 0.472. The molecule has 0 bridgehead atoms. The molecule has 1 heterocycles. The lowest BCUT2D eigenvalue weighted by molar-refractivity contribution is -0.496. The van der Waals surface area contributed by atoms with Crippen LogP contribution in [0.5, 0.6) is 0 Å². The quantitative estimate of drug-likeness (QED) is 0.566. The number of thiazole rings is 1. The Kier molecular flexibility index (Phi) is 2.34. The van der Waals surface area contributed by atoms with Gasteiger partial charge in [0.15, 0.2) is 5.01 Å². The Morgan fingerprint density at radius 2 is 2.60 bits per heavy atom. The standard InChI is InChI=1S/C4H3BrN2O2S/c5-3-1-6-4(10-3)2-7(8)9/h1H,2H2. The van der Waals surface area contributed by atoms with Gasteiger partial charge < -0.3 is 0 Å². The minimum atomic E-state index is -0.398. The van der Waals surface area contributed by atoms with Gasteiger partial charge in [-0.3, -0.25) is 10.1 Å². The van der Waals surface area contributed by atoms with Crippen LogP contribution in [0.2, 0.25) is 0 Å². The second-order valence-corrected chi connectivity index (χ2v) is 4.04. The van der Waals surface area contributed by atoms with Gasteiger partial charge in [0.1, 0.15) is 0 Å². The molecule has 0 saturated heterocycles. The normalized spacial score (nSPS) is 9.70. The summed E-state index contributed by atoms with van der Waals surface area (Å²) in [6, 6.07) is 0. The van der Waals surface area contributed by atoms with Gasteiger partial charge in [-0.25, -0.2) is 4.98 Å². The van der Waals surface area contributed by atoms with E-state index in [9.17, 15) is 10.1 Å². The summed E-state index contributed by atoms with van der Waals surface area (Å²) in [5.74, 6) is 0. The highest BCUT2D eigenvalue weighted by atomic mass is 79.9. The molecule has 0 saturated carbocycles. The highest BCUT2D eigenvalue weighted by molar-refractivity contribution is 9.11. The van der Waals surface area contributed by atoms with E-state index in [1.165, 1.54) is 11.3 Å². The van der Waals surface area contributed by atoms with E-state index in [0.717, 1.165) is 3.79 Å². The summed E-state index contributed by atoms with van der Waals surface area (Å²) in [5, 5.41) is 10.5. The Labute approximate surface area is 69.2 Å². The van der Waals surface area contributed by atoms with E-state index in [1.807, 2.05) is 0 Å². The van der Waals surface area contributed by atoms with Crippen LogP contribution in [0.1, 0.15) is 5.01 Å². The van der Waals surface area contributed by atoms with Gasteiger partial charge in [0.2, 0.25) is 0 Å². The van der Waals surface area contributed by atoms with Crippen molar-refractivity contribution in [2.75, 3.05) is 0 Å². The van der Waals surface area contributed by atoms with Crippen LogP contribution in [0, 0.1) is 10.1 Å². The third kappa shape index (κ3) is 2.03. The van der Waals surface area contributed by atoms with Crippen LogP contribution >= 0.6 is 27.3 Å². The minimum absolute atomic E-state index is 0.184. The van der Waals surface area contributed by atoms with E-state index in [2.05, 4.69) is 20.9 Å². The van der Waals surface area contributed by atoms with Crippen LogP contribution < -0.4 is 0 Å². The molecule has 0 aliphatic carbocycles. The lowest BCUT2D eigenvalue weighted by atomic mass is 10.7. The van der Waals surface area contributed by atoms with Crippen LogP contribution in [0.4, 0.5) is 0 Å². The molecule has 54 valence electrons. The summed E-state index contributed by atoms with van der Waals surface area (Å²) in [7, 11) is 0. The summed E-state index contributed by atoms with van der Waals surface area (Å²) in [5.41, 5.74) is 0. The molecule has 0 aliphatic heterocycles. The molecule has 0 radical (unpaired) electrons. The molecular formula is C4H3BrN2O2S. The fraction of sp³-hybridized carbons (Fsp3) is 0.250. The minimum Gasteiger partial charge on any atom is -0.264 e. The summed E-state index contributed by atoms with van der Waals surface area (Å²) < 4.78 is 0.823. The van der Waals surface area contributed by atoms with Crippen molar-refractivity contribution in [3.8, 4) is 0 Å². The second-order valence-electron chi connectivity index (χ2n) is 1.55. The highest BCUT2D eigenvalue weighted by Gasteiger charge is 2.04. The zero-order valence-electron chi connectivity index (χ0n) is 4.78. The second kappa shape index (κ2) is 3.07. The molecule has 0 atom stereocenters. The predicted molar refractivity (Wildman–Crippen MR) is 40.5 cm³/mol. The number of nitro groups is 1. The van der Waals surface area contributed by atoms with Gasteiger partial charge in [-0.15, -0.1) is 11.3 Å². The Hall–Kier alpha value is -0.490. The largest absolute Gasteiger partial charge is 0.264 e. The SMILES string of the molecule is O=[N+]([O-])Cc1ncc(Br)s1. The number of nitrogens with zero attached hydrogens (tertiary/aromatic N) is 2. The molecule has 0 fully saturated rings. The Bertz CT molecular complexity index is 249. The number of rotatable bonds is 2. The molecule has 0 N–H and O–H groups in total. The molecule has 0 aromatic carbocycles. The Morgan fingerprint density at radius 3 is 3.00 bits per heavy atom. The van der Waals surface area contributed by atoms with Crippen LogP contribution in [-0.2, 0) is 6.54 Å². The topological polar surface area (TPSA) is 56.0 Å². The number of hydrogen-bond acceptors (Lipinski definition) is 4. The number of aromatic nitrogens is 1. The van der Waals surface area contributed by atoms with E-state index < -0.39 is 4.92 Å². The highest BCUT2D eigenvalue weighted by Crippen LogP contribution is 2.18. The van der Waals surface area contributed by atoms with E-state index in [4.69, 9.17) is 0 Å². The van der Waals surface area contributed by atoms with Gasteiger partial charge in [0, 0.05) is 4.92 Å². The van der Waals surface area contributed by atoms with Gasteiger partial charge in [0.25, 0.3) is 6.54 Å². The zero-order chi connectivity index (χ0) is 7.56. The molecule has 1 aromatic rings. The van der Waals surface area contributed by atoms with E-state index in [-0.39, 0.29) is 6.54 Å². The molecule has 0 spiro atoms. The van der Waals surface area contributed by atoms with Crippen molar-refractivity contribution in [3.05, 3.63) is 25.1 Å². The predicted octanol–water partition coefficient (Wildman–Crippen LogP) is 1.68. The van der Waals surface area contributed by atoms with Crippen molar-refractivity contribution in [2.45, 2.75) is 6.54 Å². The molecule has 6 heteroatoms. The van der Waals surface area contributed by atoms with Gasteiger partial charge >= 0.3 is 0 Å². The van der Waals surface area contributed by atoms with Crippen LogP contribution in [0.3, 0.4) is 0 Å². The average Bonchev–Trinajstić information content (AvgIpc) is 2.13. The molecule has 0 amide bonds. The number of halogens is 1. The van der Waals surface area contributed by atoms with Crippen molar-refractivity contribution in [1.82, 2.24) is 4.98 Å². The monoisotopic (exact) mass is 222 g/mol. The third-order valence-electron chi connectivity index (χ3n) is 0.790. The van der Waals surface area contributed by atoms with Crippen molar-refractivity contribution in [1.29, 1.82) is 0 Å². The maximum atomic E-state index is 9.93. The molecule has 10 heavy (non-hydrogen) atoms. The summed E-state index contributed by atoms with van der Waals surface area (Å²) in [6.45, 7) is -0.184. The van der Waals surface area contributed by atoms with E-state index in [1.54, 1.807) is 6.20 Å². The van der Waals surface area contributed by atoms with Crippen LogP contribution in [0.25, 0.3) is 0 Å². The van der Waals surface area contributed by atoms with E-state index in [0.29, 0.717) is 5.01 Å². The lowest BCUT2D eigenvalue weighted by Gasteiger charge is -1.83. The third-order valence-corrected chi connectivity index (χ3v) is 2.25. The van der Waals surface area contributed by atoms with Crippen molar-refractivity contribution in [3.63, 3.8) is 0 Å². The summed E-state index contributed by atoms with van der Waals surface area (Å²) in [6.07, 6.45) is 1.56. The van der Waals surface area contributed by atoms with Crippen LogP contribution in [-0.4, -0.2) is 9.91 Å². The molecule has 1 aromatic heterocycles. The summed E-state index contributed by atoms with van der Waals surface area (Å²) in [4.78, 5) is 13.3. The fourth-order valence-corrected chi connectivity index (χ4v) is 1.74. The first kappa shape index (κ1) is 7.62. The molecule has 1 rings (SSSR count). The summed E-state index contributed by atoms with van der Waals surface area (Å²) >= 11 is 4.44. The van der Waals surface area contributed by atoms with Gasteiger partial charge in [-0.05, 0) is 15.9 Å². The number of hydrogen-bond donors (Lipinski definition) is 0. The van der Waals surface area contributed by atoms with Gasteiger partial charge in [-0.1, -0.05) is 0 Å². The first-order valence-corrected chi connectivity index (χ1v) is 4.01. The zero-order valence-corrected chi connectivity index (χ0v) is 7.18. The lowest BCUT2D eigenvalue weighted by Crippen LogP contribution is -1.96. The molecule has 4 nitrogen and oxygen atoms in total. The Balaban J connectivity index is 2.67. The molecule has 0 unspecified atom stereocenters. The maximum Gasteiger partial charge on any atom is 0.254 e. The first-order chi connectivity index (χ1) is 4.68. The van der Waals surface area contributed by atoms with E-state index >= 15 is 0 Å². The van der Waals surface area contributed by atoms with Crippen molar-refractivity contribution >= 4 is 27.3 Å². The van der Waals surface area contributed by atoms with Crippen LogP contribution in [0.15, 0.2) is 9.98 Å². The maximum absolute atomic E-state index is 9.93. The average molecular weight is 223 g/mol. The van der Waals surface area contributed by atoms with Gasteiger partial charge in [0.05, 0.1) is 9.98 Å². The van der Waals surface area contributed by atoms with Crippen molar-refractivity contribution in [2.24, 2.45) is 0 Å². The molecular weight excluding hydrogens is 220 g/mol. The van der Waals surface area contributed by atoms with Crippen molar-refractivity contribution < 1.29 is 4.92 Å².